The molecule has 5 heterocycles. The van der Waals surface area contributed by atoms with Crippen LogP contribution in [-0.4, -0.2) is 121 Å². The summed E-state index contributed by atoms with van der Waals surface area (Å²) in [6.07, 6.45) is 17.0. The summed E-state index contributed by atoms with van der Waals surface area (Å²) in [6, 6.07) is 46.0. The first-order valence-corrected chi connectivity index (χ1v) is 37.2. The van der Waals surface area contributed by atoms with Crippen LogP contribution in [0.25, 0.3) is 0 Å². The summed E-state index contributed by atoms with van der Waals surface area (Å²) in [5, 5.41) is 7.55. The van der Waals surface area contributed by atoms with Gasteiger partial charge < -0.3 is 24.8 Å². The first-order chi connectivity index (χ1) is 50.8. The van der Waals surface area contributed by atoms with E-state index in [4.69, 9.17) is 14.2 Å². The van der Waals surface area contributed by atoms with Crippen LogP contribution in [0.5, 0.6) is 0 Å². The summed E-state index contributed by atoms with van der Waals surface area (Å²) in [6.45, 7) is 13.4. The molecule has 3 amide bonds. The third kappa shape index (κ3) is 18.5. The lowest BCUT2D eigenvalue weighted by Gasteiger charge is -2.50. The molecule has 105 heavy (non-hydrogen) atoms. The Balaban J connectivity index is 0.000000169. The number of halogens is 6. The van der Waals surface area contributed by atoms with Crippen LogP contribution in [0.15, 0.2) is 173 Å². The fraction of sp³-hybridized carbons (Fsp3) is 0.482. The minimum atomic E-state index is -0.638. The molecule has 6 aromatic rings. The number of hydrogen-bond donors (Lipinski definition) is 2. The van der Waals surface area contributed by atoms with E-state index in [0.717, 1.165) is 111 Å². The SMILES string of the molecule is C=CCC1(N2C=NCC2=O)CCC(CO[C@H](C)c2cc(CF)cc(CF)c2)(c2ccccc2)CC1.CCC[C@]1(N2C=NCC2=O)CC[C@@](CO[C@H](C)c2cc(CF)cc(CF)c2)(c2ccccc2)NC1.CCC[C@]1(N2C=NCC2=O)CC[C@@](CO[C@H](C)c2cc(CF)cc(CF)c2)(c2ccccc2)NC1. The van der Waals surface area contributed by atoms with Crippen molar-refractivity contribution in [3.63, 3.8) is 0 Å². The number of hydrogen-bond acceptors (Lipinski definition) is 11. The average Bonchev–Trinajstić information content (AvgIpc) is 1.07. The minimum absolute atomic E-state index is 0.0420. The first-order valence-electron chi connectivity index (χ1n) is 37.2. The molecule has 0 aromatic heterocycles. The molecule has 5 aliphatic heterocycles. The normalized spacial score (nSPS) is 25.2. The van der Waals surface area contributed by atoms with Gasteiger partial charge in [0.25, 0.3) is 0 Å². The fourth-order valence-corrected chi connectivity index (χ4v) is 16.5. The van der Waals surface area contributed by atoms with Gasteiger partial charge in [0.1, 0.15) is 59.7 Å². The standard InChI is InChI=1S/C29H34F2N2O2.2C28H35F2N3O2/c1-3-9-29(33-21-32-19-27(33)34)12-10-28(11-13-29,26-7-5-4-6-8-26)20-35-22(2)25-15-23(17-30)14-24(16-25)18-31;2*1-3-9-27(33-20-31-17-26(33)34)10-11-28(32-18-27,25-7-5-4-6-8-25)19-35-21(2)24-13-22(15-29)12-23(14-24)16-30/h3-8,14-16,21-22H,1,9-13,17-20H2,2H3;2*4-8,12-14,20-21,32H,3,9-11,15-19H2,1-2H3/t22-,28?,29?;2*21-,27+,28-/m111/s1. The lowest BCUT2D eigenvalue weighted by molar-refractivity contribution is -0.131. The van der Waals surface area contributed by atoms with E-state index in [0.29, 0.717) is 66.3 Å². The van der Waals surface area contributed by atoms with E-state index in [1.807, 2.05) is 96.1 Å². The van der Waals surface area contributed by atoms with Gasteiger partial charge in [0, 0.05) is 18.5 Å². The summed E-state index contributed by atoms with van der Waals surface area (Å²) >= 11 is 0. The quantitative estimate of drug-likeness (QED) is 0.0334. The highest BCUT2D eigenvalue weighted by Gasteiger charge is 2.52. The number of carbonyl (C=O) groups is 3. The fourth-order valence-electron chi connectivity index (χ4n) is 16.5. The highest BCUT2D eigenvalue weighted by molar-refractivity contribution is 5.96. The molecule has 1 saturated carbocycles. The van der Waals surface area contributed by atoms with Crippen molar-refractivity contribution >= 4 is 36.7 Å². The maximum atomic E-state index is 13.3. The van der Waals surface area contributed by atoms with E-state index in [1.54, 1.807) is 73.6 Å². The number of ether oxygens (including phenoxy) is 3. The zero-order valence-electron chi connectivity index (χ0n) is 61.6. The van der Waals surface area contributed by atoms with Crippen molar-refractivity contribution in [3.8, 4) is 0 Å². The van der Waals surface area contributed by atoms with Gasteiger partial charge in [-0.3, -0.25) is 44.1 Å². The van der Waals surface area contributed by atoms with Gasteiger partial charge in [-0.1, -0.05) is 178 Å². The number of rotatable bonds is 30. The zero-order valence-corrected chi connectivity index (χ0v) is 61.6. The van der Waals surface area contributed by atoms with Gasteiger partial charge in [-0.2, -0.15) is 0 Å². The molecule has 7 atom stereocenters. The smallest absolute Gasteiger partial charge is 0.249 e. The van der Waals surface area contributed by atoms with Crippen molar-refractivity contribution in [1.82, 2.24) is 25.3 Å². The van der Waals surface area contributed by atoms with Crippen LogP contribution in [0.2, 0.25) is 0 Å². The molecule has 0 bridgehead atoms. The summed E-state index contributed by atoms with van der Waals surface area (Å²) in [5.41, 5.74) is 6.53. The van der Waals surface area contributed by atoms with Crippen molar-refractivity contribution in [1.29, 1.82) is 0 Å². The topological polar surface area (TPSA) is 150 Å². The number of carbonyl (C=O) groups excluding carboxylic acids is 3. The Morgan fingerprint density at radius 2 is 0.733 bits per heavy atom. The number of nitrogens with zero attached hydrogens (tertiary/aromatic N) is 6. The molecule has 0 radical (unpaired) electrons. The molecule has 562 valence electrons. The Bertz CT molecular complexity index is 3700. The first kappa shape index (κ1) is 79.4. The zero-order chi connectivity index (χ0) is 74.7. The van der Waals surface area contributed by atoms with Gasteiger partial charge >= 0.3 is 0 Å². The second-order valence-electron chi connectivity index (χ2n) is 29.5. The second kappa shape index (κ2) is 36.4. The number of benzene rings is 6. The number of nitrogens with one attached hydrogen (secondary N) is 2. The lowest BCUT2D eigenvalue weighted by atomic mass is 9.63. The van der Waals surface area contributed by atoms with Crippen LogP contribution in [0.3, 0.4) is 0 Å². The molecule has 2 saturated heterocycles. The Morgan fingerprint density at radius 3 is 1.01 bits per heavy atom. The van der Waals surface area contributed by atoms with Crippen LogP contribution in [-0.2, 0) is 85.1 Å². The molecular weight excluding hydrogens is 1340 g/mol. The van der Waals surface area contributed by atoms with Gasteiger partial charge in [-0.25, -0.2) is 26.3 Å². The molecular formula is C85H104F6N8O6. The molecule has 20 heteroatoms. The molecule has 12 rings (SSSR count). The van der Waals surface area contributed by atoms with E-state index in [2.05, 4.69) is 82.4 Å². The highest BCUT2D eigenvalue weighted by atomic mass is 19.1. The maximum absolute atomic E-state index is 13.3. The lowest BCUT2D eigenvalue weighted by Crippen LogP contribution is -2.64. The Labute approximate surface area is 616 Å². The van der Waals surface area contributed by atoms with Gasteiger partial charge in [0.15, 0.2) is 0 Å². The number of amides is 3. The molecule has 6 aliphatic rings. The van der Waals surface area contributed by atoms with Crippen molar-refractivity contribution in [2.45, 2.75) is 210 Å². The number of alkyl halides is 6. The average molecular weight is 1450 g/mol. The second-order valence-corrected chi connectivity index (χ2v) is 29.5. The molecule has 2 N–H and O–H groups in total. The van der Waals surface area contributed by atoms with E-state index in [-0.39, 0.29) is 77.7 Å². The Kier molecular flexibility index (Phi) is 27.6. The summed E-state index contributed by atoms with van der Waals surface area (Å²) in [5.74, 6) is 0.142. The molecule has 1 aliphatic carbocycles. The highest BCUT2D eigenvalue weighted by Crippen LogP contribution is 2.49. The van der Waals surface area contributed by atoms with Crippen LogP contribution in [0, 0.1) is 0 Å². The molecule has 0 unspecified atom stereocenters. The van der Waals surface area contributed by atoms with Gasteiger partial charge in [0.2, 0.25) is 17.7 Å². The summed E-state index contributed by atoms with van der Waals surface area (Å²) < 4.78 is 99.2. The maximum Gasteiger partial charge on any atom is 0.249 e. The minimum Gasteiger partial charge on any atom is -0.373 e. The third-order valence-electron chi connectivity index (χ3n) is 22.6. The van der Waals surface area contributed by atoms with Gasteiger partial charge in [-0.15, -0.1) is 6.58 Å². The van der Waals surface area contributed by atoms with Gasteiger partial charge in [0.05, 0.1) is 84.8 Å². The Morgan fingerprint density at radius 1 is 0.429 bits per heavy atom. The van der Waals surface area contributed by atoms with E-state index in [1.165, 1.54) is 5.56 Å². The van der Waals surface area contributed by atoms with Gasteiger partial charge in [-0.05, 0) is 158 Å². The third-order valence-corrected chi connectivity index (χ3v) is 22.6. The monoisotopic (exact) mass is 1450 g/mol. The predicted molar refractivity (Wildman–Crippen MR) is 402 cm³/mol. The van der Waals surface area contributed by atoms with E-state index in [9.17, 15) is 40.7 Å². The van der Waals surface area contributed by atoms with Crippen molar-refractivity contribution in [3.05, 3.63) is 225 Å². The van der Waals surface area contributed by atoms with E-state index < -0.39 is 51.1 Å². The van der Waals surface area contributed by atoms with Crippen LogP contribution >= 0.6 is 0 Å². The van der Waals surface area contributed by atoms with Crippen LogP contribution in [0.4, 0.5) is 26.3 Å². The molecule has 6 aromatic carbocycles. The molecule has 14 nitrogen and oxygen atoms in total. The number of piperidine rings is 2. The largest absolute Gasteiger partial charge is 0.373 e. The van der Waals surface area contributed by atoms with E-state index >= 15 is 0 Å². The summed E-state index contributed by atoms with van der Waals surface area (Å²) in [4.78, 5) is 55.8. The molecule has 0 spiro atoms. The van der Waals surface area contributed by atoms with Crippen molar-refractivity contribution in [2.75, 3.05) is 52.5 Å². The summed E-state index contributed by atoms with van der Waals surface area (Å²) in [7, 11) is 0. The Hall–Kier alpha value is -8.14. The number of aliphatic imine (C=N–C) groups is 3. The van der Waals surface area contributed by atoms with Crippen LogP contribution in [0.1, 0.15) is 203 Å². The van der Waals surface area contributed by atoms with Crippen LogP contribution < -0.4 is 10.6 Å². The predicted octanol–water partition coefficient (Wildman–Crippen LogP) is 17.2. The van der Waals surface area contributed by atoms with Crippen molar-refractivity contribution in [2.24, 2.45) is 15.0 Å². The molecule has 3 fully saturated rings. The van der Waals surface area contributed by atoms with Crippen molar-refractivity contribution < 1.29 is 54.9 Å².